The van der Waals surface area contributed by atoms with Crippen molar-refractivity contribution >= 4 is 29.1 Å². The van der Waals surface area contributed by atoms with Gasteiger partial charge in [0.15, 0.2) is 6.61 Å². The minimum atomic E-state index is -4.52. The first kappa shape index (κ1) is 22.1. The van der Waals surface area contributed by atoms with Crippen molar-refractivity contribution in [1.82, 2.24) is 5.32 Å². The van der Waals surface area contributed by atoms with E-state index in [1.807, 2.05) is 0 Å². The van der Waals surface area contributed by atoms with Crippen LogP contribution in [0.5, 0.6) is 5.75 Å². The Hall–Kier alpha value is -3.56. The molecule has 31 heavy (non-hydrogen) atoms. The zero-order chi connectivity index (χ0) is 22.4. The molecule has 7 nitrogen and oxygen atoms in total. The molecule has 164 valence electrons. The number of hydrogen-bond donors (Lipinski definition) is 3. The van der Waals surface area contributed by atoms with Crippen LogP contribution in [0.4, 0.5) is 24.5 Å². The van der Waals surface area contributed by atoms with Crippen LogP contribution in [0.1, 0.15) is 23.2 Å². The zero-order valence-corrected chi connectivity index (χ0v) is 16.3. The van der Waals surface area contributed by atoms with Crippen LogP contribution in [0, 0.1) is 5.92 Å². The van der Waals surface area contributed by atoms with Crippen LogP contribution in [-0.4, -0.2) is 37.0 Å². The van der Waals surface area contributed by atoms with Gasteiger partial charge in [-0.05, 0) is 43.2 Å². The van der Waals surface area contributed by atoms with Crippen LogP contribution < -0.4 is 20.7 Å². The van der Waals surface area contributed by atoms with Crippen LogP contribution in [0.3, 0.4) is 0 Å². The van der Waals surface area contributed by atoms with Crippen LogP contribution in [0.2, 0.25) is 0 Å². The van der Waals surface area contributed by atoms with Crippen molar-refractivity contribution in [2.75, 3.05) is 23.8 Å². The molecule has 2 aromatic rings. The summed E-state index contributed by atoms with van der Waals surface area (Å²) in [7, 11) is 0. The first-order valence-electron chi connectivity index (χ1n) is 9.48. The van der Waals surface area contributed by atoms with Crippen molar-refractivity contribution in [2.24, 2.45) is 5.92 Å². The van der Waals surface area contributed by atoms with Gasteiger partial charge < -0.3 is 20.7 Å². The lowest BCUT2D eigenvalue weighted by Crippen LogP contribution is -2.33. The third-order valence-electron chi connectivity index (χ3n) is 4.28. The molecule has 10 heteroatoms. The molecule has 0 aliphatic heterocycles. The van der Waals surface area contributed by atoms with Crippen LogP contribution in [0.25, 0.3) is 0 Å². The molecular formula is C21H20F3N3O4. The number of ether oxygens (including phenoxy) is 1. The Bertz CT molecular complexity index is 974. The predicted octanol–water partition coefficient (Wildman–Crippen LogP) is 3.34. The number of rotatable bonds is 8. The molecule has 1 aliphatic rings. The molecule has 0 bridgehead atoms. The number of carbonyl (C=O) groups is 3. The van der Waals surface area contributed by atoms with E-state index in [0.29, 0.717) is 11.4 Å². The molecular weight excluding hydrogens is 415 g/mol. The SMILES string of the molecule is O=C(COc1cccc(NC(=O)C2CC2)c1)Nc1cccc(C(=O)NCC(F)(F)F)c1. The highest BCUT2D eigenvalue weighted by molar-refractivity contribution is 5.97. The van der Waals surface area contributed by atoms with Crippen LogP contribution in [-0.2, 0) is 9.59 Å². The lowest BCUT2D eigenvalue weighted by atomic mass is 10.2. The average molecular weight is 435 g/mol. The molecule has 0 spiro atoms. The number of anilines is 2. The molecule has 0 heterocycles. The molecule has 3 rings (SSSR count). The molecule has 3 amide bonds. The smallest absolute Gasteiger partial charge is 0.405 e. The van der Waals surface area contributed by atoms with E-state index >= 15 is 0 Å². The third-order valence-corrected chi connectivity index (χ3v) is 4.28. The van der Waals surface area contributed by atoms with Crippen LogP contribution >= 0.6 is 0 Å². The Morgan fingerprint density at radius 3 is 2.32 bits per heavy atom. The monoisotopic (exact) mass is 435 g/mol. The quantitative estimate of drug-likeness (QED) is 0.593. The van der Waals surface area contributed by atoms with E-state index in [1.165, 1.54) is 24.3 Å². The fraction of sp³-hybridized carbons (Fsp3) is 0.286. The lowest BCUT2D eigenvalue weighted by Gasteiger charge is -2.11. The van der Waals surface area contributed by atoms with Gasteiger partial charge in [0.25, 0.3) is 11.8 Å². The van der Waals surface area contributed by atoms with Gasteiger partial charge in [0.1, 0.15) is 12.3 Å². The summed E-state index contributed by atoms with van der Waals surface area (Å²) in [5.41, 5.74) is 0.771. The molecule has 1 saturated carbocycles. The van der Waals surface area contributed by atoms with Crippen molar-refractivity contribution in [3.8, 4) is 5.75 Å². The van der Waals surface area contributed by atoms with Crippen LogP contribution in [0.15, 0.2) is 48.5 Å². The van der Waals surface area contributed by atoms with Gasteiger partial charge in [-0.2, -0.15) is 13.2 Å². The Balaban J connectivity index is 1.50. The van der Waals surface area contributed by atoms with Gasteiger partial charge in [-0.3, -0.25) is 14.4 Å². The highest BCUT2D eigenvalue weighted by atomic mass is 19.4. The number of carbonyl (C=O) groups excluding carboxylic acids is 3. The maximum Gasteiger partial charge on any atom is 0.405 e. The van der Waals surface area contributed by atoms with E-state index in [2.05, 4.69) is 10.6 Å². The second kappa shape index (κ2) is 9.50. The second-order valence-electron chi connectivity index (χ2n) is 7.01. The third kappa shape index (κ3) is 7.32. The van der Waals surface area contributed by atoms with Gasteiger partial charge in [-0.15, -0.1) is 0 Å². The van der Waals surface area contributed by atoms with Crippen molar-refractivity contribution in [3.05, 3.63) is 54.1 Å². The Morgan fingerprint density at radius 1 is 0.968 bits per heavy atom. The van der Waals surface area contributed by atoms with Gasteiger partial charge in [-0.25, -0.2) is 0 Å². The van der Waals surface area contributed by atoms with Gasteiger partial charge in [-0.1, -0.05) is 12.1 Å². The topological polar surface area (TPSA) is 96.5 Å². The van der Waals surface area contributed by atoms with Crippen molar-refractivity contribution < 1.29 is 32.3 Å². The zero-order valence-electron chi connectivity index (χ0n) is 16.3. The molecule has 0 unspecified atom stereocenters. The number of amides is 3. The first-order valence-corrected chi connectivity index (χ1v) is 9.48. The van der Waals surface area contributed by atoms with E-state index < -0.39 is 24.5 Å². The van der Waals surface area contributed by atoms with E-state index in [1.54, 1.807) is 29.6 Å². The average Bonchev–Trinajstić information content (AvgIpc) is 3.56. The summed E-state index contributed by atoms with van der Waals surface area (Å²) in [6.45, 7) is -1.79. The van der Waals surface area contributed by atoms with Gasteiger partial charge >= 0.3 is 6.18 Å². The first-order chi connectivity index (χ1) is 14.7. The molecule has 0 radical (unpaired) electrons. The van der Waals surface area contributed by atoms with E-state index in [-0.39, 0.29) is 29.7 Å². The minimum Gasteiger partial charge on any atom is -0.484 e. The number of hydrogen-bond acceptors (Lipinski definition) is 4. The largest absolute Gasteiger partial charge is 0.484 e. The van der Waals surface area contributed by atoms with Gasteiger partial charge in [0.2, 0.25) is 5.91 Å². The van der Waals surface area contributed by atoms with E-state index in [9.17, 15) is 27.6 Å². The van der Waals surface area contributed by atoms with Gasteiger partial charge in [0, 0.05) is 28.9 Å². The van der Waals surface area contributed by atoms with E-state index in [0.717, 1.165) is 12.8 Å². The summed E-state index contributed by atoms with van der Waals surface area (Å²) < 4.78 is 42.1. The number of halogens is 3. The Morgan fingerprint density at radius 2 is 1.65 bits per heavy atom. The Labute approximate surface area is 176 Å². The Kier molecular flexibility index (Phi) is 6.78. The number of nitrogens with one attached hydrogen (secondary N) is 3. The summed E-state index contributed by atoms with van der Waals surface area (Å²) in [6, 6.07) is 12.1. The summed E-state index contributed by atoms with van der Waals surface area (Å²) in [6.07, 6.45) is -2.75. The minimum absolute atomic E-state index is 0.0259. The predicted molar refractivity (Wildman–Crippen MR) is 107 cm³/mol. The number of benzene rings is 2. The normalized spacial score (nSPS) is 13.3. The highest BCUT2D eigenvalue weighted by Crippen LogP contribution is 2.30. The lowest BCUT2D eigenvalue weighted by molar-refractivity contribution is -0.123. The molecule has 2 aromatic carbocycles. The summed E-state index contributed by atoms with van der Waals surface area (Å²) in [5, 5.41) is 7.06. The van der Waals surface area contributed by atoms with Crippen molar-refractivity contribution in [1.29, 1.82) is 0 Å². The maximum absolute atomic E-state index is 12.2. The summed E-state index contributed by atoms with van der Waals surface area (Å²) in [4.78, 5) is 35.8. The highest BCUT2D eigenvalue weighted by Gasteiger charge is 2.29. The molecule has 3 N–H and O–H groups in total. The van der Waals surface area contributed by atoms with Gasteiger partial charge in [0.05, 0.1) is 0 Å². The van der Waals surface area contributed by atoms with E-state index in [4.69, 9.17) is 4.74 Å². The molecule has 1 fully saturated rings. The maximum atomic E-state index is 12.2. The summed E-state index contributed by atoms with van der Waals surface area (Å²) >= 11 is 0. The summed E-state index contributed by atoms with van der Waals surface area (Å²) in [5.74, 6) is -1.05. The van der Waals surface area contributed by atoms with Crippen molar-refractivity contribution in [3.63, 3.8) is 0 Å². The molecule has 1 aliphatic carbocycles. The molecule has 0 saturated heterocycles. The van der Waals surface area contributed by atoms with Crippen molar-refractivity contribution in [2.45, 2.75) is 19.0 Å². The second-order valence-corrected chi connectivity index (χ2v) is 7.01. The fourth-order valence-electron chi connectivity index (χ4n) is 2.62. The molecule has 0 atom stereocenters. The molecule has 0 aromatic heterocycles. The standard InChI is InChI=1S/C21H20F3N3O4/c22-21(23,24)12-25-19(29)14-3-1-4-15(9-14)26-18(28)11-31-17-6-2-5-16(10-17)27-20(30)13-7-8-13/h1-6,9-10,13H,7-8,11-12H2,(H,25,29)(H,26,28)(H,27,30). The fourth-order valence-corrected chi connectivity index (χ4v) is 2.62. The number of alkyl halides is 3.